The van der Waals surface area contributed by atoms with E-state index in [1.165, 1.54) is 88.3 Å². The molecule has 3 heteroatoms. The Labute approximate surface area is 181 Å². The number of anilines is 1. The first-order valence-corrected chi connectivity index (χ1v) is 12.5. The minimum absolute atomic E-state index is 0.568. The number of hydrogen-bond donors (Lipinski definition) is 1. The van der Waals surface area contributed by atoms with Crippen LogP contribution in [0.3, 0.4) is 0 Å². The molecular formula is C27H36N2O. The maximum absolute atomic E-state index is 5.73. The molecule has 30 heavy (non-hydrogen) atoms. The van der Waals surface area contributed by atoms with Crippen molar-refractivity contribution in [2.75, 3.05) is 5.32 Å². The van der Waals surface area contributed by atoms with Crippen molar-refractivity contribution in [3.63, 3.8) is 0 Å². The SMILES string of the molecule is Cc1coc(-c2ccc(CC34CC5CC(CC(C5)C3)C4)c(NC3CCCCC3)c2)n1. The van der Waals surface area contributed by atoms with Gasteiger partial charge in [0.25, 0.3) is 0 Å². The number of nitrogens with one attached hydrogen (secondary N) is 1. The highest BCUT2D eigenvalue weighted by molar-refractivity contribution is 5.65. The van der Waals surface area contributed by atoms with E-state index in [4.69, 9.17) is 4.42 Å². The molecule has 1 aromatic heterocycles. The van der Waals surface area contributed by atoms with Crippen LogP contribution in [0.5, 0.6) is 0 Å². The van der Waals surface area contributed by atoms with Gasteiger partial charge >= 0.3 is 0 Å². The van der Waals surface area contributed by atoms with Crippen molar-refractivity contribution >= 4 is 5.69 Å². The van der Waals surface area contributed by atoms with E-state index in [9.17, 15) is 0 Å². The molecule has 7 rings (SSSR count). The van der Waals surface area contributed by atoms with Crippen molar-refractivity contribution in [3.8, 4) is 11.5 Å². The van der Waals surface area contributed by atoms with E-state index in [0.717, 1.165) is 34.9 Å². The van der Waals surface area contributed by atoms with Gasteiger partial charge in [-0.05, 0) is 106 Å². The third-order valence-electron chi connectivity index (χ3n) is 8.67. The monoisotopic (exact) mass is 404 g/mol. The Balaban J connectivity index is 1.31. The van der Waals surface area contributed by atoms with E-state index in [-0.39, 0.29) is 0 Å². The summed E-state index contributed by atoms with van der Waals surface area (Å²) in [5.41, 5.74) is 5.51. The minimum Gasteiger partial charge on any atom is -0.444 e. The smallest absolute Gasteiger partial charge is 0.226 e. The predicted octanol–water partition coefficient (Wildman–Crippen LogP) is 7.15. The molecule has 0 amide bonds. The molecule has 2 aromatic rings. The van der Waals surface area contributed by atoms with Gasteiger partial charge in [0.1, 0.15) is 6.26 Å². The zero-order valence-corrected chi connectivity index (χ0v) is 18.5. The third-order valence-corrected chi connectivity index (χ3v) is 8.67. The van der Waals surface area contributed by atoms with Crippen LogP contribution < -0.4 is 5.32 Å². The Kier molecular flexibility index (Phi) is 4.69. The number of oxazole rings is 1. The number of aromatic nitrogens is 1. The summed E-state index contributed by atoms with van der Waals surface area (Å²) in [5, 5.41) is 3.98. The molecule has 0 aliphatic heterocycles. The van der Waals surface area contributed by atoms with Gasteiger partial charge in [-0.15, -0.1) is 0 Å². The fourth-order valence-electron chi connectivity index (χ4n) is 7.86. The lowest BCUT2D eigenvalue weighted by atomic mass is 9.48. The first-order chi connectivity index (χ1) is 14.6. The summed E-state index contributed by atoms with van der Waals surface area (Å²) >= 11 is 0. The standard InChI is InChI=1S/C27H36N2O/c1-18-17-30-26(28-18)22-7-8-23(25(12-22)29-24-5-3-2-4-6-24)16-27-13-19-9-20(14-27)11-21(10-19)15-27/h7-8,12,17,19-21,24,29H,2-6,9-11,13-16H2,1H3. The van der Waals surface area contributed by atoms with Crippen molar-refractivity contribution < 1.29 is 4.42 Å². The molecule has 3 nitrogen and oxygen atoms in total. The number of aryl methyl sites for hydroxylation is 1. The van der Waals surface area contributed by atoms with E-state index in [1.807, 2.05) is 6.92 Å². The fraction of sp³-hybridized carbons (Fsp3) is 0.667. The van der Waals surface area contributed by atoms with Crippen LogP contribution in [0.25, 0.3) is 11.5 Å². The van der Waals surface area contributed by atoms with Gasteiger partial charge in [0.15, 0.2) is 0 Å². The maximum Gasteiger partial charge on any atom is 0.226 e. The molecule has 0 spiro atoms. The van der Waals surface area contributed by atoms with Crippen LogP contribution in [0, 0.1) is 30.1 Å². The molecule has 1 heterocycles. The Morgan fingerprint density at radius 2 is 1.70 bits per heavy atom. The number of benzene rings is 1. The molecule has 0 atom stereocenters. The molecule has 0 saturated heterocycles. The van der Waals surface area contributed by atoms with Crippen molar-refractivity contribution in [2.24, 2.45) is 23.2 Å². The van der Waals surface area contributed by atoms with Gasteiger partial charge in [-0.1, -0.05) is 25.3 Å². The average molecular weight is 405 g/mol. The van der Waals surface area contributed by atoms with Crippen LogP contribution in [0.2, 0.25) is 0 Å². The average Bonchev–Trinajstić information content (AvgIpc) is 3.15. The van der Waals surface area contributed by atoms with Gasteiger partial charge < -0.3 is 9.73 Å². The maximum atomic E-state index is 5.73. The predicted molar refractivity (Wildman–Crippen MR) is 121 cm³/mol. The lowest BCUT2D eigenvalue weighted by molar-refractivity contribution is -0.0521. The molecule has 0 unspecified atom stereocenters. The Bertz CT molecular complexity index is 872. The summed E-state index contributed by atoms with van der Waals surface area (Å²) in [4.78, 5) is 4.58. The highest BCUT2D eigenvalue weighted by Crippen LogP contribution is 2.61. The Morgan fingerprint density at radius 1 is 1.00 bits per heavy atom. The van der Waals surface area contributed by atoms with E-state index in [0.29, 0.717) is 11.5 Å². The van der Waals surface area contributed by atoms with Crippen molar-refractivity contribution in [1.82, 2.24) is 4.98 Å². The molecular weight excluding hydrogens is 368 g/mol. The van der Waals surface area contributed by atoms with Gasteiger partial charge in [0, 0.05) is 17.3 Å². The first kappa shape index (κ1) is 19.0. The fourth-order valence-corrected chi connectivity index (χ4v) is 7.86. The summed E-state index contributed by atoms with van der Waals surface area (Å²) in [6.45, 7) is 2.00. The minimum atomic E-state index is 0.568. The van der Waals surface area contributed by atoms with E-state index >= 15 is 0 Å². The largest absolute Gasteiger partial charge is 0.444 e. The van der Waals surface area contributed by atoms with Gasteiger partial charge in [0.05, 0.1) is 5.69 Å². The molecule has 5 aliphatic carbocycles. The first-order valence-electron chi connectivity index (χ1n) is 12.5. The summed E-state index contributed by atoms with van der Waals surface area (Å²) in [6.07, 6.45) is 18.7. The molecule has 160 valence electrons. The van der Waals surface area contributed by atoms with Crippen LogP contribution in [-0.2, 0) is 6.42 Å². The van der Waals surface area contributed by atoms with Crippen LogP contribution in [0.15, 0.2) is 28.9 Å². The Morgan fingerprint density at radius 3 is 2.33 bits per heavy atom. The van der Waals surface area contributed by atoms with Crippen LogP contribution in [0.4, 0.5) is 5.69 Å². The summed E-state index contributed by atoms with van der Waals surface area (Å²) in [7, 11) is 0. The highest BCUT2D eigenvalue weighted by atomic mass is 16.3. The van der Waals surface area contributed by atoms with Crippen LogP contribution >= 0.6 is 0 Å². The summed E-state index contributed by atoms with van der Waals surface area (Å²) in [6, 6.07) is 7.58. The van der Waals surface area contributed by atoms with E-state index in [2.05, 4.69) is 28.5 Å². The molecule has 4 bridgehead atoms. The highest BCUT2D eigenvalue weighted by Gasteiger charge is 2.50. The number of hydrogen-bond acceptors (Lipinski definition) is 3. The molecule has 1 aromatic carbocycles. The Hall–Kier alpha value is -1.77. The third kappa shape index (κ3) is 3.59. The van der Waals surface area contributed by atoms with Crippen molar-refractivity contribution in [1.29, 1.82) is 0 Å². The second-order valence-electron chi connectivity index (χ2n) is 11.2. The van der Waals surface area contributed by atoms with Gasteiger partial charge in [0.2, 0.25) is 5.89 Å². The second-order valence-corrected chi connectivity index (χ2v) is 11.2. The lowest BCUT2D eigenvalue weighted by Crippen LogP contribution is -2.47. The van der Waals surface area contributed by atoms with Crippen molar-refractivity contribution in [2.45, 2.75) is 90.0 Å². The van der Waals surface area contributed by atoms with Crippen LogP contribution in [-0.4, -0.2) is 11.0 Å². The van der Waals surface area contributed by atoms with Crippen LogP contribution in [0.1, 0.15) is 81.9 Å². The molecule has 5 aliphatic rings. The molecule has 5 saturated carbocycles. The van der Waals surface area contributed by atoms with E-state index < -0.39 is 0 Å². The normalized spacial score (nSPS) is 33.2. The zero-order valence-electron chi connectivity index (χ0n) is 18.5. The topological polar surface area (TPSA) is 38.1 Å². The molecule has 1 N–H and O–H groups in total. The lowest BCUT2D eigenvalue weighted by Gasteiger charge is -2.57. The second kappa shape index (κ2) is 7.43. The molecule has 5 fully saturated rings. The van der Waals surface area contributed by atoms with Crippen molar-refractivity contribution in [3.05, 3.63) is 35.7 Å². The summed E-state index contributed by atoms with van der Waals surface area (Å²) < 4.78 is 5.73. The quantitative estimate of drug-likeness (QED) is 0.575. The zero-order chi connectivity index (χ0) is 20.1. The number of nitrogens with zero attached hydrogens (tertiary/aromatic N) is 1. The van der Waals surface area contributed by atoms with E-state index in [1.54, 1.807) is 6.26 Å². The van der Waals surface area contributed by atoms with Gasteiger partial charge in [-0.2, -0.15) is 0 Å². The van der Waals surface area contributed by atoms with Gasteiger partial charge in [-0.3, -0.25) is 0 Å². The number of rotatable bonds is 5. The molecule has 0 radical (unpaired) electrons. The van der Waals surface area contributed by atoms with Gasteiger partial charge in [-0.25, -0.2) is 4.98 Å². The summed E-state index contributed by atoms with van der Waals surface area (Å²) in [5.74, 6) is 3.79.